The molecule has 2 fully saturated rings. The fourth-order valence-electron chi connectivity index (χ4n) is 5.75. The maximum atomic E-state index is 12.2. The molecule has 0 aromatic heterocycles. The molecule has 4 aliphatic carbocycles. The van der Waals surface area contributed by atoms with Crippen molar-refractivity contribution >= 4 is 5.78 Å². The van der Waals surface area contributed by atoms with E-state index in [1.807, 2.05) is 13.0 Å². The normalized spacial score (nSPS) is 47.7. The van der Waals surface area contributed by atoms with Gasteiger partial charge in [0.15, 0.2) is 5.78 Å². The molecule has 3 heteroatoms. The van der Waals surface area contributed by atoms with E-state index >= 15 is 0 Å². The van der Waals surface area contributed by atoms with Crippen molar-refractivity contribution in [2.24, 2.45) is 23.2 Å². The molecule has 2 N–H and O–H groups in total. The van der Waals surface area contributed by atoms with Crippen molar-refractivity contribution in [1.29, 1.82) is 0 Å². The van der Waals surface area contributed by atoms with Crippen molar-refractivity contribution in [3.05, 3.63) is 22.8 Å². The van der Waals surface area contributed by atoms with Gasteiger partial charge < -0.3 is 10.2 Å². The predicted molar refractivity (Wildman–Crippen MR) is 84.1 cm³/mol. The summed E-state index contributed by atoms with van der Waals surface area (Å²) in [4.78, 5) is 12.2. The smallest absolute Gasteiger partial charge is 0.158 e. The third kappa shape index (κ3) is 1.91. The molecule has 0 spiro atoms. The molecule has 0 aliphatic heterocycles. The molecule has 0 heterocycles. The Morgan fingerprint density at radius 1 is 1.18 bits per heavy atom. The van der Waals surface area contributed by atoms with Gasteiger partial charge in [0.1, 0.15) is 0 Å². The quantitative estimate of drug-likeness (QED) is 0.677. The molecular formula is C19H26O3. The molecular weight excluding hydrogens is 276 g/mol. The van der Waals surface area contributed by atoms with Gasteiger partial charge in [-0.05, 0) is 67.8 Å². The molecule has 2 bridgehead atoms. The molecule has 120 valence electrons. The van der Waals surface area contributed by atoms with Gasteiger partial charge in [0.2, 0.25) is 0 Å². The van der Waals surface area contributed by atoms with Gasteiger partial charge in [0.25, 0.3) is 0 Å². The summed E-state index contributed by atoms with van der Waals surface area (Å²) >= 11 is 0. The van der Waals surface area contributed by atoms with Crippen molar-refractivity contribution in [3.63, 3.8) is 0 Å². The summed E-state index contributed by atoms with van der Waals surface area (Å²) in [6.07, 6.45) is 6.44. The molecule has 0 aromatic carbocycles. The van der Waals surface area contributed by atoms with E-state index in [2.05, 4.69) is 6.92 Å². The highest BCUT2D eigenvalue weighted by Gasteiger charge is 2.54. The van der Waals surface area contributed by atoms with E-state index in [9.17, 15) is 15.0 Å². The van der Waals surface area contributed by atoms with Crippen LogP contribution in [0, 0.1) is 23.2 Å². The fourth-order valence-corrected chi connectivity index (χ4v) is 5.75. The largest absolute Gasteiger partial charge is 0.393 e. The Bertz CT molecular complexity index is 587. The van der Waals surface area contributed by atoms with Crippen LogP contribution < -0.4 is 0 Å². The number of fused-ring (bicyclic) bond motifs is 6. The van der Waals surface area contributed by atoms with Gasteiger partial charge in [-0.25, -0.2) is 0 Å². The van der Waals surface area contributed by atoms with Gasteiger partial charge >= 0.3 is 0 Å². The highest BCUT2D eigenvalue weighted by Crippen LogP contribution is 2.60. The first kappa shape index (κ1) is 14.6. The van der Waals surface area contributed by atoms with E-state index in [4.69, 9.17) is 0 Å². The lowest BCUT2D eigenvalue weighted by Crippen LogP contribution is -2.52. The molecule has 0 aromatic rings. The summed E-state index contributed by atoms with van der Waals surface area (Å²) in [6, 6.07) is 0. The average Bonchev–Trinajstić information content (AvgIpc) is 2.47. The van der Waals surface area contributed by atoms with E-state index in [1.165, 1.54) is 11.1 Å². The third-order valence-electron chi connectivity index (χ3n) is 7.15. The monoisotopic (exact) mass is 302 g/mol. The number of carbonyl (C=O) groups is 1. The summed E-state index contributed by atoms with van der Waals surface area (Å²) < 4.78 is 0. The highest BCUT2D eigenvalue weighted by atomic mass is 16.3. The van der Waals surface area contributed by atoms with E-state index < -0.39 is 6.10 Å². The number of allylic oxidation sites excluding steroid dienone is 2. The van der Waals surface area contributed by atoms with Gasteiger partial charge in [-0.3, -0.25) is 4.79 Å². The van der Waals surface area contributed by atoms with Crippen LogP contribution in [0.1, 0.15) is 52.4 Å². The van der Waals surface area contributed by atoms with Crippen molar-refractivity contribution in [2.75, 3.05) is 0 Å². The maximum Gasteiger partial charge on any atom is 0.158 e. The number of carbonyl (C=O) groups excluding carboxylic acids is 1. The van der Waals surface area contributed by atoms with Crippen LogP contribution in [0.25, 0.3) is 0 Å². The van der Waals surface area contributed by atoms with Crippen LogP contribution in [0.4, 0.5) is 0 Å². The first-order valence-electron chi connectivity index (χ1n) is 8.69. The Kier molecular flexibility index (Phi) is 3.18. The van der Waals surface area contributed by atoms with Gasteiger partial charge in [0, 0.05) is 6.42 Å². The van der Waals surface area contributed by atoms with E-state index in [0.29, 0.717) is 24.7 Å². The van der Waals surface area contributed by atoms with Gasteiger partial charge in [-0.1, -0.05) is 24.1 Å². The minimum atomic E-state index is -0.448. The SMILES string of the molecule is CC1=C2C[C@H](CC1=O)[C@@H]1[C@@H](O)C=C3C[C@@H](O)CC[C@]3(C)[C@H]1C2. The number of hydrogen-bond acceptors (Lipinski definition) is 3. The van der Waals surface area contributed by atoms with Crippen molar-refractivity contribution in [1.82, 2.24) is 0 Å². The lowest BCUT2D eigenvalue weighted by molar-refractivity contribution is -0.120. The van der Waals surface area contributed by atoms with E-state index in [1.54, 1.807) is 0 Å². The molecule has 0 radical (unpaired) electrons. The summed E-state index contributed by atoms with van der Waals surface area (Å²) in [5.41, 5.74) is 3.67. The number of Topliss-reactive ketones (excluding diaryl/α,β-unsaturated/α-hetero) is 1. The Hall–Kier alpha value is -0.930. The van der Waals surface area contributed by atoms with Gasteiger partial charge in [-0.15, -0.1) is 0 Å². The topological polar surface area (TPSA) is 57.5 Å². The predicted octanol–water partition coefficient (Wildman–Crippen LogP) is 2.77. The fraction of sp³-hybridized carbons (Fsp3) is 0.737. The van der Waals surface area contributed by atoms with Crippen LogP contribution in [0.15, 0.2) is 22.8 Å². The molecule has 3 nitrogen and oxygen atoms in total. The second-order valence-electron chi connectivity index (χ2n) is 8.20. The standard InChI is InChI=1S/C19H26O3/c1-10-11-5-12(7-16(10)21)18-15(6-11)19(2)4-3-14(20)8-13(19)9-17(18)22/h9,12,14-15,17-18,20,22H,3-8H2,1-2H3/t12-,14+,15+,17+,18+,19+/m1/s1. The first-order valence-corrected chi connectivity index (χ1v) is 8.69. The Morgan fingerprint density at radius 3 is 2.73 bits per heavy atom. The zero-order valence-corrected chi connectivity index (χ0v) is 13.5. The number of aliphatic hydroxyl groups excluding tert-OH is 2. The molecule has 2 saturated carbocycles. The van der Waals surface area contributed by atoms with Crippen molar-refractivity contribution in [2.45, 2.75) is 64.6 Å². The second-order valence-corrected chi connectivity index (χ2v) is 8.20. The molecule has 0 unspecified atom stereocenters. The highest BCUT2D eigenvalue weighted by molar-refractivity contribution is 5.96. The Morgan fingerprint density at radius 2 is 1.95 bits per heavy atom. The average molecular weight is 302 g/mol. The third-order valence-corrected chi connectivity index (χ3v) is 7.15. The van der Waals surface area contributed by atoms with E-state index in [0.717, 1.165) is 31.3 Å². The summed E-state index contributed by atoms with van der Waals surface area (Å²) in [5, 5.41) is 20.7. The molecule has 4 aliphatic rings. The summed E-state index contributed by atoms with van der Waals surface area (Å²) in [7, 11) is 0. The van der Waals surface area contributed by atoms with Crippen LogP contribution in [-0.2, 0) is 4.79 Å². The van der Waals surface area contributed by atoms with Crippen LogP contribution >= 0.6 is 0 Å². The van der Waals surface area contributed by atoms with Crippen molar-refractivity contribution < 1.29 is 15.0 Å². The number of ketones is 1. The molecule has 22 heavy (non-hydrogen) atoms. The number of rotatable bonds is 0. The van der Waals surface area contributed by atoms with Gasteiger partial charge in [0.05, 0.1) is 12.2 Å². The second kappa shape index (κ2) is 4.78. The summed E-state index contributed by atoms with van der Waals surface area (Å²) in [5.74, 6) is 1.23. The molecule has 6 atom stereocenters. The lowest BCUT2D eigenvalue weighted by Gasteiger charge is -2.56. The zero-order valence-electron chi connectivity index (χ0n) is 13.5. The molecule has 0 saturated heterocycles. The minimum absolute atomic E-state index is 0.0910. The number of aliphatic hydroxyl groups is 2. The van der Waals surface area contributed by atoms with Crippen LogP contribution in [0.3, 0.4) is 0 Å². The van der Waals surface area contributed by atoms with Crippen LogP contribution in [-0.4, -0.2) is 28.2 Å². The lowest BCUT2D eigenvalue weighted by atomic mass is 9.49. The molecule has 4 rings (SSSR count). The Balaban J connectivity index is 1.78. The van der Waals surface area contributed by atoms with Gasteiger partial charge in [-0.2, -0.15) is 0 Å². The first-order chi connectivity index (χ1) is 10.4. The summed E-state index contributed by atoms with van der Waals surface area (Å²) in [6.45, 7) is 4.31. The van der Waals surface area contributed by atoms with Crippen LogP contribution in [0.2, 0.25) is 0 Å². The Labute approximate surface area is 132 Å². The number of hydrogen-bond donors (Lipinski definition) is 2. The van der Waals surface area contributed by atoms with Crippen LogP contribution in [0.5, 0.6) is 0 Å². The zero-order chi connectivity index (χ0) is 15.6. The maximum absolute atomic E-state index is 12.2. The molecule has 0 amide bonds. The van der Waals surface area contributed by atoms with Crippen molar-refractivity contribution in [3.8, 4) is 0 Å². The van der Waals surface area contributed by atoms with E-state index in [-0.39, 0.29) is 23.2 Å². The minimum Gasteiger partial charge on any atom is -0.393 e.